The molecule has 1 unspecified atom stereocenters. The van der Waals surface area contributed by atoms with Crippen molar-refractivity contribution in [1.29, 1.82) is 0 Å². The first-order chi connectivity index (χ1) is 7.37. The maximum atomic E-state index is 9.50. The zero-order valence-corrected chi connectivity index (χ0v) is 11.1. The minimum atomic E-state index is -0.640. The Morgan fingerprint density at radius 2 is 1.75 bits per heavy atom. The van der Waals surface area contributed by atoms with Crippen LogP contribution in [0.15, 0.2) is 30.3 Å². The molecule has 1 aromatic rings. The van der Waals surface area contributed by atoms with Gasteiger partial charge in [-0.1, -0.05) is 51.1 Å². The van der Waals surface area contributed by atoms with Crippen LogP contribution < -0.4 is 5.73 Å². The number of benzene rings is 1. The van der Waals surface area contributed by atoms with Gasteiger partial charge in [-0.3, -0.25) is 0 Å². The molecule has 0 aliphatic carbocycles. The minimum Gasteiger partial charge on any atom is -0.394 e. The van der Waals surface area contributed by atoms with Gasteiger partial charge in [0.05, 0.1) is 12.1 Å². The Balaban J connectivity index is 2.79. The minimum absolute atomic E-state index is 0.0277. The van der Waals surface area contributed by atoms with Crippen molar-refractivity contribution < 1.29 is 5.11 Å². The highest BCUT2D eigenvalue weighted by atomic mass is 32.2. The van der Waals surface area contributed by atoms with Gasteiger partial charge in [0.25, 0.3) is 0 Å². The summed E-state index contributed by atoms with van der Waals surface area (Å²) in [5.41, 5.74) is 6.61. The Morgan fingerprint density at radius 3 is 2.19 bits per heavy atom. The average Bonchev–Trinajstić information content (AvgIpc) is 2.26. The number of hydrogen-bond acceptors (Lipinski definition) is 3. The van der Waals surface area contributed by atoms with Gasteiger partial charge in [-0.25, -0.2) is 0 Å². The van der Waals surface area contributed by atoms with E-state index in [1.165, 1.54) is 0 Å². The van der Waals surface area contributed by atoms with Crippen molar-refractivity contribution in [2.75, 3.05) is 12.4 Å². The Kier molecular flexibility index (Phi) is 4.42. The molecule has 0 aliphatic heterocycles. The molecule has 3 heteroatoms. The molecule has 90 valence electrons. The zero-order chi connectivity index (χ0) is 12.2. The third-order valence-corrected chi connectivity index (χ3v) is 3.92. The number of aliphatic hydroxyl groups excluding tert-OH is 1. The Bertz CT molecular complexity index is 320. The van der Waals surface area contributed by atoms with Crippen LogP contribution in [-0.2, 0) is 5.54 Å². The van der Waals surface area contributed by atoms with Crippen LogP contribution in [0.25, 0.3) is 0 Å². The van der Waals surface area contributed by atoms with Crippen LogP contribution in [0.2, 0.25) is 0 Å². The lowest BCUT2D eigenvalue weighted by atomic mass is 9.94. The Labute approximate surface area is 102 Å². The van der Waals surface area contributed by atoms with Gasteiger partial charge in [0.1, 0.15) is 0 Å². The van der Waals surface area contributed by atoms with Gasteiger partial charge in [0.2, 0.25) is 0 Å². The second kappa shape index (κ2) is 5.21. The third-order valence-electron chi connectivity index (χ3n) is 2.39. The van der Waals surface area contributed by atoms with E-state index in [-0.39, 0.29) is 11.4 Å². The maximum absolute atomic E-state index is 9.50. The van der Waals surface area contributed by atoms with E-state index in [9.17, 15) is 5.11 Å². The van der Waals surface area contributed by atoms with Crippen LogP contribution in [-0.4, -0.2) is 22.2 Å². The molecule has 3 N–H and O–H groups in total. The van der Waals surface area contributed by atoms with E-state index in [0.717, 1.165) is 11.3 Å². The van der Waals surface area contributed by atoms with E-state index in [1.54, 1.807) is 11.8 Å². The fourth-order valence-corrected chi connectivity index (χ4v) is 2.28. The molecule has 0 spiro atoms. The summed E-state index contributed by atoms with van der Waals surface area (Å²) in [5, 5.41) is 9.50. The van der Waals surface area contributed by atoms with Gasteiger partial charge >= 0.3 is 0 Å². The molecule has 0 heterocycles. The largest absolute Gasteiger partial charge is 0.394 e. The Morgan fingerprint density at radius 1 is 1.19 bits per heavy atom. The Hall–Kier alpha value is -0.510. The predicted molar refractivity (Wildman–Crippen MR) is 71.6 cm³/mol. The van der Waals surface area contributed by atoms with E-state index in [0.29, 0.717) is 0 Å². The van der Waals surface area contributed by atoms with Gasteiger partial charge in [-0.2, -0.15) is 11.8 Å². The summed E-state index contributed by atoms with van der Waals surface area (Å²) >= 11 is 1.77. The molecule has 2 nitrogen and oxygen atoms in total. The first-order valence-electron chi connectivity index (χ1n) is 5.47. The van der Waals surface area contributed by atoms with Gasteiger partial charge in [0, 0.05) is 10.5 Å². The predicted octanol–water partition coefficient (Wildman–Crippen LogP) is 2.36. The van der Waals surface area contributed by atoms with Crippen LogP contribution in [0.5, 0.6) is 0 Å². The molecule has 1 atom stereocenters. The number of aliphatic hydroxyl groups is 1. The summed E-state index contributed by atoms with van der Waals surface area (Å²) < 4.78 is 0.161. The van der Waals surface area contributed by atoms with Crippen molar-refractivity contribution in [3.63, 3.8) is 0 Å². The summed E-state index contributed by atoms with van der Waals surface area (Å²) in [6.45, 7) is 6.43. The SMILES string of the molecule is CC(C)(C)SCC(N)(CO)c1ccccc1. The number of nitrogens with two attached hydrogens (primary N) is 1. The van der Waals surface area contributed by atoms with Crippen LogP contribution >= 0.6 is 11.8 Å². The molecular weight excluding hydrogens is 218 g/mol. The quantitative estimate of drug-likeness (QED) is 0.848. The number of thioether (sulfide) groups is 1. The highest BCUT2D eigenvalue weighted by molar-refractivity contribution is 8.00. The van der Waals surface area contributed by atoms with E-state index < -0.39 is 5.54 Å². The molecule has 0 saturated carbocycles. The van der Waals surface area contributed by atoms with E-state index >= 15 is 0 Å². The van der Waals surface area contributed by atoms with Gasteiger partial charge < -0.3 is 10.8 Å². The van der Waals surface area contributed by atoms with Crippen molar-refractivity contribution in [2.24, 2.45) is 5.73 Å². The van der Waals surface area contributed by atoms with Gasteiger partial charge in [0.15, 0.2) is 0 Å². The second-order valence-corrected chi connectivity index (χ2v) is 6.88. The molecule has 0 bridgehead atoms. The normalized spacial score (nSPS) is 15.8. The van der Waals surface area contributed by atoms with Crippen LogP contribution in [0, 0.1) is 0 Å². The fraction of sp³-hybridized carbons (Fsp3) is 0.538. The molecule has 0 amide bonds. The van der Waals surface area contributed by atoms with Crippen molar-refractivity contribution in [3.05, 3.63) is 35.9 Å². The highest BCUT2D eigenvalue weighted by Crippen LogP contribution is 2.30. The van der Waals surface area contributed by atoms with Gasteiger partial charge in [-0.05, 0) is 5.56 Å². The highest BCUT2D eigenvalue weighted by Gasteiger charge is 2.28. The summed E-state index contributed by atoms with van der Waals surface area (Å²) in [4.78, 5) is 0. The summed E-state index contributed by atoms with van der Waals surface area (Å²) in [5.74, 6) is 0.719. The fourth-order valence-electron chi connectivity index (χ4n) is 1.34. The smallest absolute Gasteiger partial charge is 0.0735 e. The monoisotopic (exact) mass is 239 g/mol. The van der Waals surface area contributed by atoms with Crippen LogP contribution in [0.4, 0.5) is 0 Å². The molecule has 0 aromatic heterocycles. The molecule has 0 aliphatic rings. The molecule has 0 radical (unpaired) electrons. The summed E-state index contributed by atoms with van der Waals surface area (Å²) in [6.07, 6.45) is 0. The standard InChI is InChI=1S/C13H21NOS/c1-12(2,3)16-10-13(14,9-15)11-7-5-4-6-8-11/h4-8,15H,9-10,14H2,1-3H3. The van der Waals surface area contributed by atoms with Crippen molar-refractivity contribution in [1.82, 2.24) is 0 Å². The molecule has 16 heavy (non-hydrogen) atoms. The van der Waals surface area contributed by atoms with Crippen LogP contribution in [0.1, 0.15) is 26.3 Å². The maximum Gasteiger partial charge on any atom is 0.0735 e. The molecule has 0 saturated heterocycles. The number of rotatable bonds is 4. The van der Waals surface area contributed by atoms with E-state index in [4.69, 9.17) is 5.73 Å². The molecule has 1 rings (SSSR count). The third kappa shape index (κ3) is 3.81. The first-order valence-corrected chi connectivity index (χ1v) is 6.45. The summed E-state index contributed by atoms with van der Waals surface area (Å²) in [7, 11) is 0. The second-order valence-electron chi connectivity index (χ2n) is 5.08. The lowest BCUT2D eigenvalue weighted by Crippen LogP contribution is -2.44. The lowest BCUT2D eigenvalue weighted by Gasteiger charge is -2.30. The average molecular weight is 239 g/mol. The van der Waals surface area contributed by atoms with Crippen molar-refractivity contribution >= 4 is 11.8 Å². The molecule has 0 fully saturated rings. The van der Waals surface area contributed by atoms with Crippen molar-refractivity contribution in [3.8, 4) is 0 Å². The van der Waals surface area contributed by atoms with Gasteiger partial charge in [-0.15, -0.1) is 0 Å². The molecular formula is C13H21NOS. The first kappa shape index (κ1) is 13.6. The molecule has 1 aromatic carbocycles. The van der Waals surface area contributed by atoms with E-state index in [1.807, 2.05) is 30.3 Å². The topological polar surface area (TPSA) is 46.2 Å². The van der Waals surface area contributed by atoms with E-state index in [2.05, 4.69) is 20.8 Å². The lowest BCUT2D eigenvalue weighted by molar-refractivity contribution is 0.213. The zero-order valence-electron chi connectivity index (χ0n) is 10.2. The summed E-state index contributed by atoms with van der Waals surface area (Å²) in [6, 6.07) is 9.81. The number of hydrogen-bond donors (Lipinski definition) is 2. The van der Waals surface area contributed by atoms with Crippen molar-refractivity contribution in [2.45, 2.75) is 31.1 Å². The van der Waals surface area contributed by atoms with Crippen LogP contribution in [0.3, 0.4) is 0 Å².